The Balaban J connectivity index is 2.02. The number of nitrogens with one attached hydrogen (secondary N) is 1. The van der Waals surface area contributed by atoms with Crippen molar-refractivity contribution in [1.82, 2.24) is 20.0 Å². The first-order valence-electron chi connectivity index (χ1n) is 10.4. The Morgan fingerprint density at radius 1 is 1.04 bits per heavy atom. The highest BCUT2D eigenvalue weighted by molar-refractivity contribution is 5.82. The van der Waals surface area contributed by atoms with E-state index < -0.39 is 0 Å². The van der Waals surface area contributed by atoms with E-state index in [2.05, 4.69) is 24.1 Å². The van der Waals surface area contributed by atoms with Crippen LogP contribution in [0.2, 0.25) is 0 Å². The topological polar surface area (TPSA) is 55.9 Å². The van der Waals surface area contributed by atoms with E-state index in [1.54, 1.807) is 0 Å². The predicted molar refractivity (Wildman–Crippen MR) is 105 cm³/mol. The zero-order chi connectivity index (χ0) is 19.3. The van der Waals surface area contributed by atoms with Crippen LogP contribution < -0.4 is 5.32 Å². The van der Waals surface area contributed by atoms with Crippen molar-refractivity contribution in [3.63, 3.8) is 0 Å². The van der Waals surface area contributed by atoms with Gasteiger partial charge in [0.05, 0.1) is 6.04 Å². The third kappa shape index (κ3) is 5.35. The molecule has 6 heteroatoms. The van der Waals surface area contributed by atoms with E-state index >= 15 is 0 Å². The summed E-state index contributed by atoms with van der Waals surface area (Å²) < 4.78 is 0. The molecule has 0 aromatic heterocycles. The highest BCUT2D eigenvalue weighted by Crippen LogP contribution is 2.32. The maximum Gasteiger partial charge on any atom is 0.317 e. The van der Waals surface area contributed by atoms with Gasteiger partial charge >= 0.3 is 6.03 Å². The standard InChI is InChI=1S/C20H38N4O2/c1-6-22(7-2)18(25)17(16-10-8-9-11-16)23-12-14-24(15-13-23)19(26)21-20(3,4)5/h16-17H,6-15H2,1-5H3,(H,21,26)/t17-/m1/s1. The van der Waals surface area contributed by atoms with Gasteiger partial charge in [0.1, 0.15) is 0 Å². The SMILES string of the molecule is CCN(CC)C(=O)[C@@H](C1CCCC1)N1CCN(C(=O)NC(C)(C)C)CC1. The van der Waals surface area contributed by atoms with Gasteiger partial charge in [-0.25, -0.2) is 4.79 Å². The van der Waals surface area contributed by atoms with Crippen LogP contribution >= 0.6 is 0 Å². The van der Waals surface area contributed by atoms with Gasteiger partial charge in [-0.2, -0.15) is 0 Å². The van der Waals surface area contributed by atoms with Gasteiger partial charge in [0.25, 0.3) is 0 Å². The Hall–Kier alpha value is -1.30. The van der Waals surface area contributed by atoms with Crippen LogP contribution in [0, 0.1) is 5.92 Å². The van der Waals surface area contributed by atoms with Crippen LogP contribution in [0.5, 0.6) is 0 Å². The molecular weight excluding hydrogens is 328 g/mol. The number of hydrogen-bond acceptors (Lipinski definition) is 3. The van der Waals surface area contributed by atoms with Crippen LogP contribution in [-0.2, 0) is 4.79 Å². The summed E-state index contributed by atoms with van der Waals surface area (Å²) in [5.74, 6) is 0.757. The molecular formula is C20H38N4O2. The van der Waals surface area contributed by atoms with Crippen molar-refractivity contribution in [3.05, 3.63) is 0 Å². The molecule has 26 heavy (non-hydrogen) atoms. The van der Waals surface area contributed by atoms with Gasteiger partial charge in [-0.3, -0.25) is 9.69 Å². The monoisotopic (exact) mass is 366 g/mol. The molecule has 1 aliphatic heterocycles. The van der Waals surface area contributed by atoms with Crippen molar-refractivity contribution in [2.24, 2.45) is 5.92 Å². The second kappa shape index (κ2) is 9.07. The molecule has 3 amide bonds. The van der Waals surface area contributed by atoms with E-state index in [0.717, 1.165) is 39.0 Å². The van der Waals surface area contributed by atoms with Crippen LogP contribution in [-0.4, -0.2) is 77.5 Å². The molecule has 1 saturated heterocycles. The van der Waals surface area contributed by atoms with Crippen molar-refractivity contribution < 1.29 is 9.59 Å². The molecule has 0 spiro atoms. The van der Waals surface area contributed by atoms with E-state index in [9.17, 15) is 9.59 Å². The number of nitrogens with zero attached hydrogens (tertiary/aromatic N) is 3. The van der Waals surface area contributed by atoms with E-state index in [-0.39, 0.29) is 23.5 Å². The van der Waals surface area contributed by atoms with Crippen molar-refractivity contribution >= 4 is 11.9 Å². The fourth-order valence-corrected chi connectivity index (χ4v) is 4.25. The largest absolute Gasteiger partial charge is 0.342 e. The summed E-state index contributed by atoms with van der Waals surface area (Å²) in [4.78, 5) is 31.8. The van der Waals surface area contributed by atoms with Crippen LogP contribution in [0.4, 0.5) is 4.79 Å². The lowest BCUT2D eigenvalue weighted by Gasteiger charge is -2.42. The average molecular weight is 367 g/mol. The Bertz CT molecular complexity index is 471. The number of piperazine rings is 1. The minimum atomic E-state index is -0.223. The molecule has 2 fully saturated rings. The number of carbonyl (C=O) groups excluding carboxylic acids is 2. The smallest absolute Gasteiger partial charge is 0.317 e. The quantitative estimate of drug-likeness (QED) is 0.813. The van der Waals surface area contributed by atoms with Gasteiger partial charge in [-0.15, -0.1) is 0 Å². The van der Waals surface area contributed by atoms with Crippen molar-refractivity contribution in [2.45, 2.75) is 71.9 Å². The molecule has 1 heterocycles. The summed E-state index contributed by atoms with van der Waals surface area (Å²) in [5.41, 5.74) is -0.223. The summed E-state index contributed by atoms with van der Waals surface area (Å²) in [6.07, 6.45) is 4.78. The second-order valence-corrected chi connectivity index (χ2v) is 8.70. The molecule has 1 atom stereocenters. The fourth-order valence-electron chi connectivity index (χ4n) is 4.25. The molecule has 0 aromatic rings. The van der Waals surface area contributed by atoms with Crippen LogP contribution in [0.3, 0.4) is 0 Å². The number of urea groups is 1. The van der Waals surface area contributed by atoms with Gasteiger partial charge in [-0.05, 0) is 53.4 Å². The Kier molecular flexibility index (Phi) is 7.33. The molecule has 0 aromatic carbocycles. The molecule has 150 valence electrons. The Labute approximate surface area is 159 Å². The number of hydrogen-bond donors (Lipinski definition) is 1. The van der Waals surface area contributed by atoms with Crippen molar-refractivity contribution in [1.29, 1.82) is 0 Å². The minimum absolute atomic E-state index is 0.00429. The maximum atomic E-state index is 13.2. The highest BCUT2D eigenvalue weighted by atomic mass is 16.2. The number of rotatable bonds is 5. The van der Waals surface area contributed by atoms with Crippen LogP contribution in [0.1, 0.15) is 60.3 Å². The zero-order valence-electron chi connectivity index (χ0n) is 17.4. The molecule has 1 aliphatic carbocycles. The molecule has 2 rings (SSSR count). The summed E-state index contributed by atoms with van der Waals surface area (Å²) in [6, 6.07) is -0.00476. The van der Waals surface area contributed by atoms with Crippen LogP contribution in [0.25, 0.3) is 0 Å². The van der Waals surface area contributed by atoms with Gasteiger partial charge < -0.3 is 15.1 Å². The number of likely N-dealkylation sites (N-methyl/N-ethyl adjacent to an activating group) is 1. The lowest BCUT2D eigenvalue weighted by molar-refractivity contribution is -0.139. The molecule has 0 unspecified atom stereocenters. The lowest BCUT2D eigenvalue weighted by atomic mass is 9.94. The fraction of sp³-hybridized carbons (Fsp3) is 0.900. The van der Waals surface area contributed by atoms with E-state index in [4.69, 9.17) is 0 Å². The minimum Gasteiger partial charge on any atom is -0.342 e. The zero-order valence-corrected chi connectivity index (χ0v) is 17.4. The first-order valence-corrected chi connectivity index (χ1v) is 10.4. The molecule has 0 bridgehead atoms. The van der Waals surface area contributed by atoms with E-state index in [1.165, 1.54) is 12.8 Å². The first kappa shape index (κ1) is 21.0. The maximum absolute atomic E-state index is 13.2. The van der Waals surface area contributed by atoms with Gasteiger partial charge in [0.15, 0.2) is 0 Å². The van der Waals surface area contributed by atoms with Crippen molar-refractivity contribution in [2.75, 3.05) is 39.3 Å². The number of carbonyl (C=O) groups is 2. The molecule has 1 saturated carbocycles. The molecule has 0 radical (unpaired) electrons. The normalized spacial score (nSPS) is 20.9. The average Bonchev–Trinajstić information content (AvgIpc) is 3.09. The van der Waals surface area contributed by atoms with Crippen molar-refractivity contribution in [3.8, 4) is 0 Å². The van der Waals surface area contributed by atoms with Gasteiger partial charge in [-0.1, -0.05) is 12.8 Å². The highest BCUT2D eigenvalue weighted by Gasteiger charge is 2.38. The van der Waals surface area contributed by atoms with E-state index in [1.807, 2.05) is 30.6 Å². The third-order valence-corrected chi connectivity index (χ3v) is 5.65. The molecule has 1 N–H and O–H groups in total. The molecule has 6 nitrogen and oxygen atoms in total. The van der Waals surface area contributed by atoms with Gasteiger partial charge in [0.2, 0.25) is 5.91 Å². The van der Waals surface area contributed by atoms with Gasteiger partial charge in [0, 0.05) is 44.8 Å². The Morgan fingerprint density at radius 2 is 1.58 bits per heavy atom. The summed E-state index contributed by atoms with van der Waals surface area (Å²) >= 11 is 0. The molecule has 2 aliphatic rings. The van der Waals surface area contributed by atoms with Crippen LogP contribution in [0.15, 0.2) is 0 Å². The second-order valence-electron chi connectivity index (χ2n) is 8.70. The summed E-state index contributed by atoms with van der Waals surface area (Å²) in [5, 5.41) is 3.04. The first-order chi connectivity index (χ1) is 12.3. The summed E-state index contributed by atoms with van der Waals surface area (Å²) in [6.45, 7) is 14.6. The summed E-state index contributed by atoms with van der Waals surface area (Å²) in [7, 11) is 0. The third-order valence-electron chi connectivity index (χ3n) is 5.65. The number of amides is 3. The predicted octanol–water partition coefficient (Wildman–Crippen LogP) is 2.54. The lowest BCUT2D eigenvalue weighted by Crippen LogP contribution is -2.60. The Morgan fingerprint density at radius 3 is 2.04 bits per heavy atom. The van der Waals surface area contributed by atoms with E-state index in [0.29, 0.717) is 19.0 Å².